The van der Waals surface area contributed by atoms with Crippen molar-refractivity contribution in [3.63, 3.8) is 0 Å². The molecule has 1 saturated heterocycles. The summed E-state index contributed by atoms with van der Waals surface area (Å²) < 4.78 is 1.97. The third-order valence-corrected chi connectivity index (χ3v) is 5.75. The smallest absolute Gasteiger partial charge is 0.270 e. The molecule has 1 N–H and O–H groups in total. The molecule has 0 spiro atoms. The third kappa shape index (κ3) is 2.98. The Labute approximate surface area is 157 Å². The Morgan fingerprint density at radius 3 is 2.77 bits per heavy atom. The van der Waals surface area contributed by atoms with Crippen LogP contribution in [-0.4, -0.2) is 43.6 Å². The summed E-state index contributed by atoms with van der Waals surface area (Å²) >= 11 is 6.26. The topological polar surface area (TPSA) is 66.8 Å². The maximum absolute atomic E-state index is 13.0. The minimum atomic E-state index is 0.0619. The number of carbonyl (C=O) groups excluding carboxylic acids is 1. The van der Waals surface area contributed by atoms with Crippen LogP contribution in [0, 0.1) is 12.8 Å². The summed E-state index contributed by atoms with van der Waals surface area (Å²) in [6.45, 7) is 3.51. The highest BCUT2D eigenvalue weighted by Crippen LogP contribution is 2.29. The van der Waals surface area contributed by atoms with E-state index in [2.05, 4.69) is 15.2 Å². The number of rotatable bonds is 3. The van der Waals surface area contributed by atoms with Gasteiger partial charge in [0.15, 0.2) is 0 Å². The number of para-hydroxylation sites is 1. The number of piperidine rings is 1. The first-order chi connectivity index (χ1) is 12.5. The molecule has 4 rings (SSSR count). The summed E-state index contributed by atoms with van der Waals surface area (Å²) in [5.41, 5.74) is 2.46. The summed E-state index contributed by atoms with van der Waals surface area (Å²) in [6, 6.07) is 5.75. The summed E-state index contributed by atoms with van der Waals surface area (Å²) in [4.78, 5) is 18.2. The number of likely N-dealkylation sites (tertiary alicyclic amines) is 1. The lowest BCUT2D eigenvalue weighted by Gasteiger charge is -2.31. The molecule has 0 unspecified atom stereocenters. The van der Waals surface area contributed by atoms with E-state index in [1.54, 1.807) is 6.33 Å². The van der Waals surface area contributed by atoms with Gasteiger partial charge in [-0.2, -0.15) is 0 Å². The minimum absolute atomic E-state index is 0.0619. The molecular formula is C19H22ClN5O. The van der Waals surface area contributed by atoms with Crippen LogP contribution in [0.4, 0.5) is 0 Å². The van der Waals surface area contributed by atoms with Crippen molar-refractivity contribution in [3.05, 3.63) is 46.6 Å². The van der Waals surface area contributed by atoms with Crippen LogP contribution in [0.5, 0.6) is 0 Å². The lowest BCUT2D eigenvalue weighted by molar-refractivity contribution is 0.0684. The van der Waals surface area contributed by atoms with Crippen LogP contribution in [0.25, 0.3) is 10.9 Å². The molecule has 1 aliphatic heterocycles. The number of carbonyl (C=O) groups is 1. The summed E-state index contributed by atoms with van der Waals surface area (Å²) in [5, 5.41) is 9.77. The zero-order valence-electron chi connectivity index (χ0n) is 15.0. The molecule has 7 heteroatoms. The minimum Gasteiger partial charge on any atom is -0.349 e. The monoisotopic (exact) mass is 371 g/mol. The number of halogens is 1. The Balaban J connectivity index is 1.46. The van der Waals surface area contributed by atoms with Gasteiger partial charge in [-0.3, -0.25) is 4.79 Å². The number of H-pyrrole nitrogens is 1. The molecule has 26 heavy (non-hydrogen) atoms. The molecule has 1 aromatic carbocycles. The summed E-state index contributed by atoms with van der Waals surface area (Å²) in [5.74, 6) is 1.61. The van der Waals surface area contributed by atoms with E-state index in [1.807, 2.05) is 41.6 Å². The molecule has 136 valence electrons. The third-order valence-electron chi connectivity index (χ3n) is 5.43. The Bertz CT molecular complexity index is 952. The van der Waals surface area contributed by atoms with Gasteiger partial charge in [-0.15, -0.1) is 10.2 Å². The first kappa shape index (κ1) is 17.1. The van der Waals surface area contributed by atoms with E-state index in [0.717, 1.165) is 54.6 Å². The second kappa shape index (κ2) is 6.76. The Morgan fingerprint density at radius 2 is 2.12 bits per heavy atom. The average molecular weight is 372 g/mol. The zero-order chi connectivity index (χ0) is 18.3. The van der Waals surface area contributed by atoms with Gasteiger partial charge in [-0.25, -0.2) is 0 Å². The Morgan fingerprint density at radius 1 is 1.35 bits per heavy atom. The Hall–Kier alpha value is -2.34. The van der Waals surface area contributed by atoms with E-state index in [0.29, 0.717) is 16.6 Å². The van der Waals surface area contributed by atoms with Crippen molar-refractivity contribution in [1.82, 2.24) is 24.6 Å². The summed E-state index contributed by atoms with van der Waals surface area (Å²) in [6.07, 6.45) is 4.62. The summed E-state index contributed by atoms with van der Waals surface area (Å²) in [7, 11) is 1.97. The molecule has 0 atom stereocenters. The molecule has 0 radical (unpaired) electrons. The van der Waals surface area contributed by atoms with Gasteiger partial charge in [0.25, 0.3) is 5.91 Å². The fourth-order valence-electron chi connectivity index (χ4n) is 3.78. The SMILES string of the molecule is Cc1c(C(=O)N2CCC(Cc3nncn3C)CC2)[nH]c2c(Cl)cccc12. The largest absolute Gasteiger partial charge is 0.349 e. The normalized spacial score (nSPS) is 15.7. The van der Waals surface area contributed by atoms with Crippen LogP contribution in [0.1, 0.15) is 34.7 Å². The number of aryl methyl sites for hydroxylation is 2. The number of benzene rings is 1. The van der Waals surface area contributed by atoms with Crippen LogP contribution in [0.3, 0.4) is 0 Å². The fourth-order valence-corrected chi connectivity index (χ4v) is 4.00. The number of hydrogen-bond acceptors (Lipinski definition) is 3. The van der Waals surface area contributed by atoms with Crippen molar-refractivity contribution < 1.29 is 4.79 Å². The highest BCUT2D eigenvalue weighted by atomic mass is 35.5. The van der Waals surface area contributed by atoms with E-state index < -0.39 is 0 Å². The standard InChI is InChI=1S/C19H22ClN5O/c1-12-14-4-3-5-15(20)18(14)22-17(12)19(26)25-8-6-13(7-9-25)10-16-23-21-11-24(16)2/h3-5,11,13,22H,6-10H2,1-2H3. The van der Waals surface area contributed by atoms with Crippen molar-refractivity contribution in [2.24, 2.45) is 13.0 Å². The van der Waals surface area contributed by atoms with Gasteiger partial charge in [-0.05, 0) is 37.3 Å². The molecule has 1 aliphatic rings. The van der Waals surface area contributed by atoms with Gasteiger partial charge in [0, 0.05) is 31.9 Å². The molecule has 1 amide bonds. The van der Waals surface area contributed by atoms with Crippen LogP contribution < -0.4 is 0 Å². The molecule has 6 nitrogen and oxygen atoms in total. The second-order valence-electron chi connectivity index (χ2n) is 7.09. The predicted octanol–water partition coefficient (Wildman–Crippen LogP) is 3.35. The van der Waals surface area contributed by atoms with E-state index in [-0.39, 0.29) is 5.91 Å². The highest BCUT2D eigenvalue weighted by Gasteiger charge is 2.27. The van der Waals surface area contributed by atoms with Gasteiger partial charge in [0.05, 0.1) is 10.5 Å². The number of nitrogens with one attached hydrogen (secondary N) is 1. The Kier molecular flexibility index (Phi) is 4.44. The van der Waals surface area contributed by atoms with Crippen molar-refractivity contribution >= 4 is 28.4 Å². The zero-order valence-corrected chi connectivity index (χ0v) is 15.8. The van der Waals surface area contributed by atoms with Crippen molar-refractivity contribution in [2.45, 2.75) is 26.2 Å². The molecule has 1 fully saturated rings. The van der Waals surface area contributed by atoms with Crippen molar-refractivity contribution in [3.8, 4) is 0 Å². The number of nitrogens with zero attached hydrogens (tertiary/aromatic N) is 4. The maximum atomic E-state index is 13.0. The molecule has 2 aromatic heterocycles. The van der Waals surface area contributed by atoms with Crippen LogP contribution in [0.15, 0.2) is 24.5 Å². The molecule has 0 saturated carbocycles. The van der Waals surface area contributed by atoms with Gasteiger partial charge >= 0.3 is 0 Å². The van der Waals surface area contributed by atoms with E-state index in [9.17, 15) is 4.79 Å². The van der Waals surface area contributed by atoms with E-state index in [1.165, 1.54) is 0 Å². The van der Waals surface area contributed by atoms with Gasteiger partial charge in [-0.1, -0.05) is 23.7 Å². The van der Waals surface area contributed by atoms with Crippen LogP contribution in [0.2, 0.25) is 5.02 Å². The van der Waals surface area contributed by atoms with E-state index >= 15 is 0 Å². The second-order valence-corrected chi connectivity index (χ2v) is 7.49. The van der Waals surface area contributed by atoms with Crippen molar-refractivity contribution in [2.75, 3.05) is 13.1 Å². The lowest BCUT2D eigenvalue weighted by Crippen LogP contribution is -2.39. The van der Waals surface area contributed by atoms with Crippen molar-refractivity contribution in [1.29, 1.82) is 0 Å². The van der Waals surface area contributed by atoms with E-state index in [4.69, 9.17) is 11.6 Å². The van der Waals surface area contributed by atoms with Crippen LogP contribution in [-0.2, 0) is 13.5 Å². The number of hydrogen-bond donors (Lipinski definition) is 1. The predicted molar refractivity (Wildman–Crippen MR) is 101 cm³/mol. The number of amides is 1. The number of aromatic nitrogens is 4. The first-order valence-electron chi connectivity index (χ1n) is 8.93. The number of fused-ring (bicyclic) bond motifs is 1. The van der Waals surface area contributed by atoms with Gasteiger partial charge in [0.2, 0.25) is 0 Å². The maximum Gasteiger partial charge on any atom is 0.270 e. The van der Waals surface area contributed by atoms with Gasteiger partial charge < -0.3 is 14.5 Å². The van der Waals surface area contributed by atoms with Crippen LogP contribution >= 0.6 is 11.6 Å². The number of aromatic amines is 1. The lowest BCUT2D eigenvalue weighted by atomic mass is 9.93. The molecule has 0 bridgehead atoms. The fraction of sp³-hybridized carbons (Fsp3) is 0.421. The van der Waals surface area contributed by atoms with Gasteiger partial charge in [0.1, 0.15) is 17.8 Å². The highest BCUT2D eigenvalue weighted by molar-refractivity contribution is 6.35. The first-order valence-corrected chi connectivity index (χ1v) is 9.31. The molecule has 0 aliphatic carbocycles. The average Bonchev–Trinajstić information content (AvgIpc) is 3.20. The quantitative estimate of drug-likeness (QED) is 0.767. The molecule has 3 aromatic rings. The molecule has 3 heterocycles. The molecular weight excluding hydrogens is 350 g/mol.